The average Bonchev–Trinajstić information content (AvgIpc) is 2.33. The van der Waals surface area contributed by atoms with Gasteiger partial charge in [-0.1, -0.05) is 0 Å². The number of halogens is 3. The molecule has 2 rings (SSSR count). The third-order valence-corrected chi connectivity index (χ3v) is 4.51. The maximum Gasteiger partial charge on any atom is 0.261 e. The molecule has 0 spiro atoms. The van der Waals surface area contributed by atoms with Gasteiger partial charge in [-0.15, -0.1) is 0 Å². The fourth-order valence-corrected chi connectivity index (χ4v) is 2.95. The van der Waals surface area contributed by atoms with Gasteiger partial charge in [0.2, 0.25) is 0 Å². The topological polar surface area (TPSA) is 43.4 Å². The van der Waals surface area contributed by atoms with Crippen molar-refractivity contribution in [1.29, 1.82) is 0 Å². The summed E-state index contributed by atoms with van der Waals surface area (Å²) >= 11 is 3.21. The zero-order valence-corrected chi connectivity index (χ0v) is 13.4. The highest BCUT2D eigenvalue weighted by molar-refractivity contribution is 9.10. The Kier molecular flexibility index (Phi) is 4.36. The molecule has 3 nitrogen and oxygen atoms in total. The maximum absolute atomic E-state index is 13.0. The van der Waals surface area contributed by atoms with E-state index in [1.807, 2.05) is 0 Å². The van der Waals surface area contributed by atoms with Gasteiger partial charge < -0.3 is 4.74 Å². The average molecular weight is 380 g/mol. The van der Waals surface area contributed by atoms with Crippen LogP contribution >= 0.6 is 26.6 Å². The summed E-state index contributed by atoms with van der Waals surface area (Å²) in [5.74, 6) is 0.537. The first-order valence-electron chi connectivity index (χ1n) is 5.45. The largest absolute Gasteiger partial charge is 0.456 e. The molecule has 2 aromatic carbocycles. The van der Waals surface area contributed by atoms with Gasteiger partial charge in [-0.2, -0.15) is 0 Å². The number of ether oxygens (including phenoxy) is 1. The first-order chi connectivity index (χ1) is 9.27. The minimum atomic E-state index is -3.79. The molecule has 0 saturated carbocycles. The lowest BCUT2D eigenvalue weighted by molar-refractivity contribution is 0.473. The van der Waals surface area contributed by atoms with Crippen molar-refractivity contribution < 1.29 is 17.5 Å². The van der Waals surface area contributed by atoms with Gasteiger partial charge in [0, 0.05) is 10.7 Å². The molecule has 0 aliphatic carbocycles. The molecule has 0 unspecified atom stereocenters. The molecule has 0 saturated heterocycles. The second-order valence-corrected chi connectivity index (χ2v) is 7.46. The monoisotopic (exact) mass is 378 g/mol. The zero-order valence-electron chi connectivity index (χ0n) is 10.2. The van der Waals surface area contributed by atoms with Crippen LogP contribution in [0.15, 0.2) is 45.8 Å². The molecule has 0 amide bonds. The highest BCUT2D eigenvalue weighted by Crippen LogP contribution is 2.33. The van der Waals surface area contributed by atoms with Gasteiger partial charge in [0.25, 0.3) is 9.05 Å². The van der Waals surface area contributed by atoms with Gasteiger partial charge in [0.05, 0.1) is 9.37 Å². The van der Waals surface area contributed by atoms with Gasteiger partial charge >= 0.3 is 0 Å². The molecule has 0 N–H and O–H groups in total. The van der Waals surface area contributed by atoms with E-state index in [-0.39, 0.29) is 10.7 Å². The van der Waals surface area contributed by atoms with E-state index in [2.05, 4.69) is 15.9 Å². The quantitative estimate of drug-likeness (QED) is 0.731. The van der Waals surface area contributed by atoms with Crippen LogP contribution in [0.2, 0.25) is 0 Å². The summed E-state index contributed by atoms with van der Waals surface area (Å²) in [6.07, 6.45) is 0. The second-order valence-electron chi connectivity index (χ2n) is 4.04. The Hall–Kier alpha value is -1.11. The summed E-state index contributed by atoms with van der Waals surface area (Å²) < 4.78 is 41.5. The summed E-state index contributed by atoms with van der Waals surface area (Å²) in [5.41, 5.74) is 0.631. The predicted molar refractivity (Wildman–Crippen MR) is 78.4 cm³/mol. The fourth-order valence-electron chi connectivity index (χ4n) is 1.56. The van der Waals surface area contributed by atoms with Crippen molar-refractivity contribution in [3.63, 3.8) is 0 Å². The summed E-state index contributed by atoms with van der Waals surface area (Å²) in [4.78, 5) is -0.0331. The number of rotatable bonds is 3. The summed E-state index contributed by atoms with van der Waals surface area (Å²) in [5, 5.41) is 0. The van der Waals surface area contributed by atoms with E-state index in [9.17, 15) is 12.8 Å². The van der Waals surface area contributed by atoms with Crippen molar-refractivity contribution in [2.75, 3.05) is 0 Å². The number of hydrogen-bond donors (Lipinski definition) is 0. The van der Waals surface area contributed by atoms with Gasteiger partial charge in [-0.05, 0) is 64.8 Å². The van der Waals surface area contributed by atoms with Crippen molar-refractivity contribution in [3.05, 3.63) is 52.3 Å². The molecule has 0 fully saturated rings. The van der Waals surface area contributed by atoms with Gasteiger partial charge in [-0.3, -0.25) is 0 Å². The van der Waals surface area contributed by atoms with E-state index in [1.165, 1.54) is 36.4 Å². The summed E-state index contributed by atoms with van der Waals surface area (Å²) in [6.45, 7) is 1.71. The van der Waals surface area contributed by atoms with Crippen LogP contribution in [0.4, 0.5) is 4.39 Å². The van der Waals surface area contributed by atoms with Gasteiger partial charge in [0.15, 0.2) is 0 Å². The van der Waals surface area contributed by atoms with Crippen LogP contribution in [0.25, 0.3) is 0 Å². The van der Waals surface area contributed by atoms with E-state index in [1.54, 1.807) is 6.92 Å². The minimum absolute atomic E-state index is 0.0331. The SMILES string of the molecule is Cc1cc(F)ccc1Oc1ccc(S(=O)(=O)Cl)cc1Br. The predicted octanol–water partition coefficient (Wildman–Crippen LogP) is 4.62. The first-order valence-corrected chi connectivity index (χ1v) is 8.56. The van der Waals surface area contributed by atoms with Crippen molar-refractivity contribution >= 4 is 35.7 Å². The van der Waals surface area contributed by atoms with Crippen LogP contribution in [0.1, 0.15) is 5.56 Å². The molecule has 7 heteroatoms. The highest BCUT2D eigenvalue weighted by atomic mass is 79.9. The van der Waals surface area contributed by atoms with Gasteiger partial charge in [-0.25, -0.2) is 12.8 Å². The molecule has 0 aliphatic rings. The maximum atomic E-state index is 13.0. The smallest absolute Gasteiger partial charge is 0.261 e. The lowest BCUT2D eigenvalue weighted by Crippen LogP contribution is -1.93. The Bertz CT molecular complexity index is 762. The molecule has 20 heavy (non-hydrogen) atoms. The number of benzene rings is 2. The van der Waals surface area contributed by atoms with Crippen LogP contribution in [-0.2, 0) is 9.05 Å². The van der Waals surface area contributed by atoms with E-state index >= 15 is 0 Å². The summed E-state index contributed by atoms with van der Waals surface area (Å²) in [7, 11) is 1.46. The molecule has 0 bridgehead atoms. The molecule has 0 aliphatic heterocycles. The van der Waals surface area contributed by atoms with Crippen LogP contribution in [0.3, 0.4) is 0 Å². The minimum Gasteiger partial charge on any atom is -0.456 e. The number of hydrogen-bond acceptors (Lipinski definition) is 3. The standard InChI is InChI=1S/C13H9BrClFO3S/c1-8-6-9(16)2-4-12(8)19-13-5-3-10(7-11(13)14)20(15,17)18/h2-7H,1H3. The van der Waals surface area contributed by atoms with E-state index in [0.717, 1.165) is 0 Å². The first kappa shape index (κ1) is 15.3. The summed E-state index contributed by atoms with van der Waals surface area (Å²) in [6, 6.07) is 8.29. The van der Waals surface area contributed by atoms with Crippen LogP contribution in [-0.4, -0.2) is 8.42 Å². The zero-order chi connectivity index (χ0) is 14.9. The third-order valence-electron chi connectivity index (χ3n) is 2.54. The van der Waals surface area contributed by atoms with Crippen molar-refractivity contribution in [2.24, 2.45) is 0 Å². The fraction of sp³-hybridized carbons (Fsp3) is 0.0769. The van der Waals surface area contributed by atoms with Crippen LogP contribution < -0.4 is 4.74 Å². The normalized spacial score (nSPS) is 11.4. The lowest BCUT2D eigenvalue weighted by Gasteiger charge is -2.10. The second kappa shape index (κ2) is 5.71. The Morgan fingerprint density at radius 3 is 2.35 bits per heavy atom. The van der Waals surface area contributed by atoms with Gasteiger partial charge in [0.1, 0.15) is 17.3 Å². The lowest BCUT2D eigenvalue weighted by atomic mass is 10.2. The molecule has 2 aromatic rings. The van der Waals surface area contributed by atoms with Crippen molar-refractivity contribution in [1.82, 2.24) is 0 Å². The van der Waals surface area contributed by atoms with E-state index in [0.29, 0.717) is 21.5 Å². The molecule has 0 heterocycles. The van der Waals surface area contributed by atoms with E-state index in [4.69, 9.17) is 15.4 Å². The molecular formula is C13H9BrClFO3S. The molecule has 0 atom stereocenters. The van der Waals surface area contributed by atoms with Crippen molar-refractivity contribution in [3.8, 4) is 11.5 Å². The Morgan fingerprint density at radius 2 is 1.80 bits per heavy atom. The molecular weight excluding hydrogens is 371 g/mol. The third kappa shape index (κ3) is 3.50. The molecule has 0 radical (unpaired) electrons. The van der Waals surface area contributed by atoms with Crippen LogP contribution in [0.5, 0.6) is 11.5 Å². The Labute approximate surface area is 128 Å². The van der Waals surface area contributed by atoms with E-state index < -0.39 is 9.05 Å². The van der Waals surface area contributed by atoms with Crippen LogP contribution in [0, 0.1) is 12.7 Å². The number of aryl methyl sites for hydroxylation is 1. The molecule has 0 aromatic heterocycles. The molecule has 106 valence electrons. The Balaban J connectivity index is 2.35. The highest BCUT2D eigenvalue weighted by Gasteiger charge is 2.13. The Morgan fingerprint density at radius 1 is 1.15 bits per heavy atom. The van der Waals surface area contributed by atoms with Crippen molar-refractivity contribution in [2.45, 2.75) is 11.8 Å².